The van der Waals surface area contributed by atoms with Crippen LogP contribution in [0.4, 0.5) is 0 Å². The number of rotatable bonds is 3. The molecule has 0 heterocycles. The molecule has 3 nitrogen and oxygen atoms in total. The van der Waals surface area contributed by atoms with Gasteiger partial charge in [0.25, 0.3) is 0 Å². The van der Waals surface area contributed by atoms with Crippen molar-refractivity contribution in [2.45, 2.75) is 12.0 Å². The molecular weight excluding hydrogens is 250 g/mol. The van der Waals surface area contributed by atoms with E-state index in [1.165, 1.54) is 22.3 Å². The van der Waals surface area contributed by atoms with Gasteiger partial charge in [-0.1, -0.05) is 48.5 Å². The molecule has 3 heteroatoms. The number of ether oxygens (including phenoxy) is 1. The van der Waals surface area contributed by atoms with Gasteiger partial charge in [-0.2, -0.15) is 0 Å². The molecule has 20 heavy (non-hydrogen) atoms. The third kappa shape index (κ3) is 2.10. The molecule has 1 aliphatic carbocycles. The van der Waals surface area contributed by atoms with Crippen molar-refractivity contribution in [2.24, 2.45) is 5.73 Å². The van der Waals surface area contributed by atoms with Crippen LogP contribution in [-0.2, 0) is 9.53 Å². The van der Waals surface area contributed by atoms with Crippen LogP contribution in [0, 0.1) is 6.92 Å². The van der Waals surface area contributed by atoms with E-state index < -0.39 is 12.0 Å². The molecule has 1 aliphatic rings. The third-order valence-electron chi connectivity index (χ3n) is 3.66. The van der Waals surface area contributed by atoms with Crippen LogP contribution in [0.25, 0.3) is 11.1 Å². The van der Waals surface area contributed by atoms with Gasteiger partial charge in [0, 0.05) is 5.92 Å². The number of carbonyl (C=O) groups is 1. The quantitative estimate of drug-likeness (QED) is 0.868. The van der Waals surface area contributed by atoms with Crippen LogP contribution in [0.3, 0.4) is 0 Å². The summed E-state index contributed by atoms with van der Waals surface area (Å²) >= 11 is 0. The second kappa shape index (κ2) is 5.10. The molecule has 0 saturated heterocycles. The predicted molar refractivity (Wildman–Crippen MR) is 78.0 cm³/mol. The maximum Gasteiger partial charge on any atom is 0.322 e. The van der Waals surface area contributed by atoms with E-state index in [0.717, 1.165) is 0 Å². The second-order valence-electron chi connectivity index (χ2n) is 4.96. The van der Waals surface area contributed by atoms with E-state index in [-0.39, 0.29) is 5.92 Å². The van der Waals surface area contributed by atoms with Crippen LogP contribution < -0.4 is 5.73 Å². The summed E-state index contributed by atoms with van der Waals surface area (Å²) in [5.74, 6) is -0.392. The maximum absolute atomic E-state index is 11.5. The molecule has 0 saturated carbocycles. The number of nitrogens with two attached hydrogens (primary N) is 1. The van der Waals surface area contributed by atoms with E-state index in [4.69, 9.17) is 10.5 Å². The van der Waals surface area contributed by atoms with Crippen LogP contribution in [-0.4, -0.2) is 18.6 Å². The van der Waals surface area contributed by atoms with E-state index in [1.54, 1.807) is 0 Å². The molecule has 2 aromatic carbocycles. The summed E-state index contributed by atoms with van der Waals surface area (Å²) in [6.07, 6.45) is 0. The number of benzene rings is 2. The van der Waals surface area contributed by atoms with Crippen molar-refractivity contribution in [1.82, 2.24) is 0 Å². The maximum atomic E-state index is 11.5. The molecule has 0 aliphatic heterocycles. The fourth-order valence-corrected chi connectivity index (χ4v) is 2.71. The molecule has 3 rings (SSSR count). The first kappa shape index (κ1) is 12.9. The average Bonchev–Trinajstić information content (AvgIpc) is 2.79. The van der Waals surface area contributed by atoms with Crippen molar-refractivity contribution >= 4 is 5.97 Å². The van der Waals surface area contributed by atoms with E-state index in [1.807, 2.05) is 24.3 Å². The molecule has 0 amide bonds. The zero-order chi connectivity index (χ0) is 14.1. The highest BCUT2D eigenvalue weighted by molar-refractivity contribution is 5.79. The largest absolute Gasteiger partial charge is 0.464 e. The Morgan fingerprint density at radius 1 is 1.10 bits per heavy atom. The van der Waals surface area contributed by atoms with E-state index in [0.29, 0.717) is 6.61 Å². The molecule has 1 atom stereocenters. The SMILES string of the molecule is [CH2]C(N)C(=O)OCC1c2ccccc2-c2ccccc21. The lowest BCUT2D eigenvalue weighted by Crippen LogP contribution is -2.30. The molecule has 1 unspecified atom stereocenters. The van der Waals surface area contributed by atoms with Crippen molar-refractivity contribution < 1.29 is 9.53 Å². The Morgan fingerprint density at radius 3 is 2.10 bits per heavy atom. The fourth-order valence-electron chi connectivity index (χ4n) is 2.71. The monoisotopic (exact) mass is 266 g/mol. The molecule has 0 fully saturated rings. The molecule has 0 aromatic heterocycles. The summed E-state index contributed by atoms with van der Waals surface area (Å²) in [6.45, 7) is 3.78. The first-order chi connectivity index (χ1) is 9.68. The van der Waals surface area contributed by atoms with Crippen molar-refractivity contribution in [3.05, 3.63) is 66.6 Å². The number of carbonyl (C=O) groups excluding carboxylic acids is 1. The highest BCUT2D eigenvalue weighted by Gasteiger charge is 2.29. The predicted octanol–water partition coefficient (Wildman–Crippen LogP) is 2.50. The van der Waals surface area contributed by atoms with Crippen LogP contribution >= 0.6 is 0 Å². The highest BCUT2D eigenvalue weighted by atomic mass is 16.5. The van der Waals surface area contributed by atoms with Crippen LogP contribution in [0.2, 0.25) is 0 Å². The van der Waals surface area contributed by atoms with Crippen LogP contribution in [0.1, 0.15) is 17.0 Å². The molecule has 0 spiro atoms. The van der Waals surface area contributed by atoms with E-state index >= 15 is 0 Å². The molecule has 0 bridgehead atoms. The van der Waals surface area contributed by atoms with Gasteiger partial charge in [-0.25, -0.2) is 0 Å². The van der Waals surface area contributed by atoms with E-state index in [9.17, 15) is 4.79 Å². The summed E-state index contributed by atoms with van der Waals surface area (Å²) in [7, 11) is 0. The Balaban J connectivity index is 1.93. The standard InChI is InChI=1S/C17H16NO2/c1-11(18)17(19)20-10-16-14-8-4-2-6-12(14)13-7-3-5-9-15(13)16/h2-9,11,16H,1,10,18H2. The average molecular weight is 266 g/mol. The van der Waals surface area contributed by atoms with Gasteiger partial charge >= 0.3 is 5.97 Å². The third-order valence-corrected chi connectivity index (χ3v) is 3.66. The Kier molecular flexibility index (Phi) is 3.28. The normalized spacial score (nSPS) is 14.5. The van der Waals surface area contributed by atoms with E-state index in [2.05, 4.69) is 31.2 Å². The van der Waals surface area contributed by atoms with Crippen molar-refractivity contribution in [3.63, 3.8) is 0 Å². The number of esters is 1. The minimum Gasteiger partial charge on any atom is -0.464 e. The summed E-state index contributed by atoms with van der Waals surface area (Å²) in [4.78, 5) is 11.5. The summed E-state index contributed by atoms with van der Waals surface area (Å²) in [6, 6.07) is 15.6. The molecular formula is C17H16NO2. The molecule has 101 valence electrons. The molecule has 2 N–H and O–H groups in total. The minimum absolute atomic E-state index is 0.0742. The Labute approximate surface area is 118 Å². The lowest BCUT2D eigenvalue weighted by atomic mass is 9.98. The van der Waals surface area contributed by atoms with Gasteiger partial charge in [0.1, 0.15) is 12.6 Å². The summed E-state index contributed by atoms with van der Waals surface area (Å²) in [5.41, 5.74) is 10.2. The second-order valence-corrected chi connectivity index (χ2v) is 4.96. The van der Waals surface area contributed by atoms with Crippen LogP contribution in [0.15, 0.2) is 48.5 Å². The van der Waals surface area contributed by atoms with Crippen molar-refractivity contribution in [3.8, 4) is 11.1 Å². The number of fused-ring (bicyclic) bond motifs is 3. The van der Waals surface area contributed by atoms with Gasteiger partial charge < -0.3 is 10.5 Å². The summed E-state index contributed by atoms with van der Waals surface area (Å²) < 4.78 is 5.27. The Bertz CT molecular complexity index is 603. The van der Waals surface area contributed by atoms with Crippen LogP contribution in [0.5, 0.6) is 0 Å². The zero-order valence-corrected chi connectivity index (χ0v) is 11.1. The number of hydrogen-bond acceptors (Lipinski definition) is 3. The van der Waals surface area contributed by atoms with Gasteiger partial charge in [-0.15, -0.1) is 0 Å². The first-order valence-electron chi connectivity index (χ1n) is 6.62. The minimum atomic E-state index is -0.832. The van der Waals surface area contributed by atoms with Gasteiger partial charge in [-0.3, -0.25) is 4.79 Å². The topological polar surface area (TPSA) is 52.3 Å². The Morgan fingerprint density at radius 2 is 1.60 bits per heavy atom. The zero-order valence-electron chi connectivity index (χ0n) is 11.1. The lowest BCUT2D eigenvalue weighted by molar-refractivity contribution is -0.144. The summed E-state index contributed by atoms with van der Waals surface area (Å²) in [5, 5.41) is 0. The highest BCUT2D eigenvalue weighted by Crippen LogP contribution is 2.44. The molecule has 2 aromatic rings. The van der Waals surface area contributed by atoms with Gasteiger partial charge in [0.15, 0.2) is 0 Å². The van der Waals surface area contributed by atoms with Crippen molar-refractivity contribution in [1.29, 1.82) is 0 Å². The van der Waals surface area contributed by atoms with Gasteiger partial charge in [-0.05, 0) is 29.2 Å². The van der Waals surface area contributed by atoms with Crippen molar-refractivity contribution in [2.75, 3.05) is 6.61 Å². The Hall–Kier alpha value is -2.13. The van der Waals surface area contributed by atoms with Gasteiger partial charge in [0.05, 0.1) is 0 Å². The first-order valence-corrected chi connectivity index (χ1v) is 6.62. The number of hydrogen-bond donors (Lipinski definition) is 1. The fraction of sp³-hybridized carbons (Fsp3) is 0.176. The smallest absolute Gasteiger partial charge is 0.322 e. The lowest BCUT2D eigenvalue weighted by Gasteiger charge is -2.15. The van der Waals surface area contributed by atoms with Gasteiger partial charge in [0.2, 0.25) is 0 Å². The molecule has 1 radical (unpaired) electrons.